The maximum Gasteiger partial charge on any atom is 0.181 e. The van der Waals surface area contributed by atoms with Gasteiger partial charge in [-0.05, 0) is 6.07 Å². The van der Waals surface area contributed by atoms with Crippen LogP contribution in [0.1, 0.15) is 12.7 Å². The van der Waals surface area contributed by atoms with Gasteiger partial charge in [0.05, 0.1) is 18.3 Å². The fraction of sp³-hybridized carbons (Fsp3) is 0.214. The van der Waals surface area contributed by atoms with Crippen LogP contribution in [0.15, 0.2) is 30.7 Å². The lowest BCUT2D eigenvalue weighted by molar-refractivity contribution is 0.411. The first-order chi connectivity index (χ1) is 10.6. The summed E-state index contributed by atoms with van der Waals surface area (Å²) in [5.41, 5.74) is 0.197. The Hall–Kier alpha value is -2.41. The van der Waals surface area contributed by atoms with Crippen molar-refractivity contribution < 1.29 is 9.13 Å². The molecule has 2 aromatic heterocycles. The van der Waals surface area contributed by atoms with E-state index in [4.69, 9.17) is 16.3 Å². The number of rotatable bonds is 4. The number of imidazole rings is 1. The zero-order chi connectivity index (χ0) is 15.7. The van der Waals surface area contributed by atoms with Gasteiger partial charge in [0.1, 0.15) is 17.3 Å². The minimum Gasteiger partial charge on any atom is -0.495 e. The lowest BCUT2D eigenvalue weighted by Gasteiger charge is -2.07. The first kappa shape index (κ1) is 14.5. The average Bonchev–Trinajstić information content (AvgIpc) is 3.16. The molecule has 0 radical (unpaired) electrons. The summed E-state index contributed by atoms with van der Waals surface area (Å²) in [4.78, 5) is 4.22. The number of ether oxygens (including phenoxy) is 1. The lowest BCUT2D eigenvalue weighted by atomic mass is 10.3. The number of hydrogen-bond donors (Lipinski definition) is 0. The number of hydrogen-bond acceptors (Lipinski definition) is 4. The molecule has 114 valence electrons. The molecule has 0 saturated heterocycles. The molecule has 0 fully saturated rings. The summed E-state index contributed by atoms with van der Waals surface area (Å²) in [5.74, 6) is 1.17. The molecule has 0 atom stereocenters. The smallest absolute Gasteiger partial charge is 0.181 e. The van der Waals surface area contributed by atoms with E-state index in [9.17, 15) is 4.39 Å². The maximum absolute atomic E-state index is 14.2. The van der Waals surface area contributed by atoms with Crippen molar-refractivity contribution in [3.05, 3.63) is 47.4 Å². The Balaban J connectivity index is 2.03. The summed E-state index contributed by atoms with van der Waals surface area (Å²) in [6.45, 7) is 1.99. The lowest BCUT2D eigenvalue weighted by Crippen LogP contribution is -2.00. The molecular formula is C14H13ClFN5O. The van der Waals surface area contributed by atoms with E-state index in [0.717, 1.165) is 12.2 Å². The Morgan fingerprint density at radius 2 is 2.18 bits per heavy atom. The molecule has 0 aliphatic heterocycles. The first-order valence-corrected chi connectivity index (χ1v) is 7.00. The molecular weight excluding hydrogens is 309 g/mol. The molecule has 2 heterocycles. The molecule has 0 unspecified atom stereocenters. The van der Waals surface area contributed by atoms with Crippen LogP contribution in [0.25, 0.3) is 11.5 Å². The average molecular weight is 322 g/mol. The van der Waals surface area contributed by atoms with E-state index in [-0.39, 0.29) is 11.4 Å². The highest BCUT2D eigenvalue weighted by atomic mass is 35.5. The standard InChI is InChI=1S/C14H13ClFN5O/c1-3-13-17-4-5-20(13)14-8-21(19-18-14)11-6-9(15)12(22-2)7-10(11)16/h4-8H,3H2,1-2H3. The van der Waals surface area contributed by atoms with Gasteiger partial charge < -0.3 is 4.74 Å². The Kier molecular flexibility index (Phi) is 3.81. The summed E-state index contributed by atoms with van der Waals surface area (Å²) in [6, 6.07) is 2.66. The van der Waals surface area contributed by atoms with Gasteiger partial charge in [-0.25, -0.2) is 14.1 Å². The van der Waals surface area contributed by atoms with Gasteiger partial charge in [0.25, 0.3) is 0 Å². The van der Waals surface area contributed by atoms with Crippen LogP contribution in [0.4, 0.5) is 4.39 Å². The number of aryl methyl sites for hydroxylation is 1. The van der Waals surface area contributed by atoms with Crippen LogP contribution >= 0.6 is 11.6 Å². The third kappa shape index (κ3) is 2.43. The highest BCUT2D eigenvalue weighted by molar-refractivity contribution is 6.32. The Morgan fingerprint density at radius 3 is 2.91 bits per heavy atom. The predicted molar refractivity (Wildman–Crippen MR) is 79.4 cm³/mol. The third-order valence-electron chi connectivity index (χ3n) is 3.23. The van der Waals surface area contributed by atoms with Gasteiger partial charge in [0, 0.05) is 24.9 Å². The van der Waals surface area contributed by atoms with Crippen LogP contribution in [0.5, 0.6) is 5.75 Å². The van der Waals surface area contributed by atoms with Crippen LogP contribution < -0.4 is 4.74 Å². The van der Waals surface area contributed by atoms with Crippen molar-refractivity contribution >= 4 is 11.6 Å². The number of benzene rings is 1. The highest BCUT2D eigenvalue weighted by Gasteiger charge is 2.14. The molecule has 0 spiro atoms. The van der Waals surface area contributed by atoms with Crippen molar-refractivity contribution in [1.29, 1.82) is 0 Å². The SMILES string of the molecule is CCc1nccn1-c1cn(-c2cc(Cl)c(OC)cc2F)nn1. The number of halogens is 2. The molecule has 3 aromatic rings. The molecule has 8 heteroatoms. The third-order valence-corrected chi connectivity index (χ3v) is 3.53. The molecule has 6 nitrogen and oxygen atoms in total. The van der Waals surface area contributed by atoms with Crippen LogP contribution in [-0.4, -0.2) is 31.7 Å². The van der Waals surface area contributed by atoms with Crippen molar-refractivity contribution in [3.63, 3.8) is 0 Å². The molecule has 1 aromatic carbocycles. The fourth-order valence-corrected chi connectivity index (χ4v) is 2.37. The molecule has 0 bridgehead atoms. The van der Waals surface area contributed by atoms with Crippen LogP contribution in [0.2, 0.25) is 5.02 Å². The van der Waals surface area contributed by atoms with Gasteiger partial charge in [-0.2, -0.15) is 0 Å². The van der Waals surface area contributed by atoms with E-state index in [1.54, 1.807) is 23.2 Å². The summed E-state index contributed by atoms with van der Waals surface area (Å²) in [7, 11) is 1.43. The molecule has 0 N–H and O–H groups in total. The van der Waals surface area contributed by atoms with Crippen molar-refractivity contribution in [1.82, 2.24) is 24.5 Å². The Morgan fingerprint density at radius 1 is 1.36 bits per heavy atom. The molecule has 0 aliphatic rings. The van der Waals surface area contributed by atoms with Gasteiger partial charge in [0.2, 0.25) is 0 Å². The fourth-order valence-electron chi connectivity index (χ4n) is 2.14. The molecule has 0 aliphatic carbocycles. The zero-order valence-corrected chi connectivity index (χ0v) is 12.8. The van der Waals surface area contributed by atoms with E-state index in [0.29, 0.717) is 10.8 Å². The summed E-state index contributed by atoms with van der Waals surface area (Å²) >= 11 is 6.04. The van der Waals surface area contributed by atoms with Crippen molar-refractivity contribution in [2.75, 3.05) is 7.11 Å². The van der Waals surface area contributed by atoms with Gasteiger partial charge in [-0.15, -0.1) is 5.10 Å². The van der Waals surface area contributed by atoms with Gasteiger partial charge >= 0.3 is 0 Å². The minimum atomic E-state index is -0.501. The maximum atomic E-state index is 14.2. The van der Waals surface area contributed by atoms with E-state index >= 15 is 0 Å². The van der Waals surface area contributed by atoms with Crippen molar-refractivity contribution in [2.45, 2.75) is 13.3 Å². The topological polar surface area (TPSA) is 57.8 Å². The summed E-state index contributed by atoms with van der Waals surface area (Å²) < 4.78 is 22.3. The van der Waals surface area contributed by atoms with Gasteiger partial charge in [-0.1, -0.05) is 23.7 Å². The second kappa shape index (κ2) is 5.76. The predicted octanol–water partition coefficient (Wildman–Crippen LogP) is 2.82. The minimum absolute atomic E-state index is 0.197. The first-order valence-electron chi connectivity index (χ1n) is 6.62. The normalized spacial score (nSPS) is 10.9. The number of methoxy groups -OCH3 is 1. The van der Waals surface area contributed by atoms with E-state index in [1.165, 1.54) is 23.9 Å². The summed E-state index contributed by atoms with van der Waals surface area (Å²) in [5, 5.41) is 8.30. The van der Waals surface area contributed by atoms with Crippen LogP contribution in [0.3, 0.4) is 0 Å². The van der Waals surface area contributed by atoms with Crippen LogP contribution in [-0.2, 0) is 6.42 Å². The van der Waals surface area contributed by atoms with E-state index in [2.05, 4.69) is 15.3 Å². The zero-order valence-electron chi connectivity index (χ0n) is 12.0. The van der Waals surface area contributed by atoms with Crippen molar-refractivity contribution in [2.24, 2.45) is 0 Å². The summed E-state index contributed by atoms with van der Waals surface area (Å²) in [6.07, 6.45) is 5.83. The molecule has 3 rings (SSSR count). The van der Waals surface area contributed by atoms with Crippen molar-refractivity contribution in [3.8, 4) is 17.3 Å². The monoisotopic (exact) mass is 321 g/mol. The molecule has 0 amide bonds. The Bertz CT molecular complexity index is 813. The van der Waals surface area contributed by atoms with Crippen LogP contribution in [0, 0.1) is 5.82 Å². The second-order valence-electron chi connectivity index (χ2n) is 4.53. The second-order valence-corrected chi connectivity index (χ2v) is 4.93. The quantitative estimate of drug-likeness (QED) is 0.741. The number of nitrogens with zero attached hydrogens (tertiary/aromatic N) is 5. The largest absolute Gasteiger partial charge is 0.495 e. The number of aromatic nitrogens is 5. The van der Waals surface area contributed by atoms with Gasteiger partial charge in [-0.3, -0.25) is 4.57 Å². The molecule has 0 saturated carbocycles. The van der Waals surface area contributed by atoms with E-state index < -0.39 is 5.82 Å². The van der Waals surface area contributed by atoms with E-state index in [1.807, 2.05) is 6.92 Å². The Labute approximate surface area is 131 Å². The molecule has 22 heavy (non-hydrogen) atoms. The van der Waals surface area contributed by atoms with Gasteiger partial charge in [0.15, 0.2) is 11.6 Å². The highest BCUT2D eigenvalue weighted by Crippen LogP contribution is 2.29.